The van der Waals surface area contributed by atoms with Crippen molar-refractivity contribution in [2.45, 2.75) is 32.4 Å². The molecule has 21 heavy (non-hydrogen) atoms. The van der Waals surface area contributed by atoms with Crippen LogP contribution in [0, 0.1) is 0 Å². The monoisotopic (exact) mass is 287 g/mol. The van der Waals surface area contributed by atoms with Gasteiger partial charge in [-0.2, -0.15) is 0 Å². The van der Waals surface area contributed by atoms with Gasteiger partial charge in [0.05, 0.1) is 5.69 Å². The van der Waals surface area contributed by atoms with Crippen LogP contribution in [0.3, 0.4) is 0 Å². The molecule has 1 atom stereocenters. The van der Waals surface area contributed by atoms with Gasteiger partial charge in [0.25, 0.3) is 5.56 Å². The summed E-state index contributed by atoms with van der Waals surface area (Å²) in [6, 6.07) is 7.58. The molecule has 1 aromatic heterocycles. The molecule has 3 rings (SSSR count). The molecule has 3 N–H and O–H groups in total. The Hall–Kier alpha value is -2.50. The van der Waals surface area contributed by atoms with E-state index in [1.165, 1.54) is 5.56 Å². The van der Waals surface area contributed by atoms with Gasteiger partial charge in [0.15, 0.2) is 0 Å². The molecule has 1 amide bonds. The first-order valence-corrected chi connectivity index (χ1v) is 6.98. The number of hydrogen-bond donors (Lipinski definition) is 3. The van der Waals surface area contributed by atoms with Crippen LogP contribution < -0.4 is 10.9 Å². The molecular weight excluding hydrogens is 270 g/mol. The summed E-state index contributed by atoms with van der Waals surface area (Å²) in [5, 5.41) is 14.1. The number of aryl methyl sites for hydroxylation is 1. The van der Waals surface area contributed by atoms with Crippen molar-refractivity contribution in [3.63, 3.8) is 0 Å². The quantitative estimate of drug-likeness (QED) is 0.801. The maximum Gasteiger partial charge on any atom is 0.404 e. The van der Waals surface area contributed by atoms with Crippen molar-refractivity contribution in [1.29, 1.82) is 0 Å². The Morgan fingerprint density at radius 3 is 2.86 bits per heavy atom. The van der Waals surface area contributed by atoms with E-state index in [1.54, 1.807) is 6.07 Å². The second kappa shape index (κ2) is 5.12. The van der Waals surface area contributed by atoms with Crippen LogP contribution in [0.25, 0.3) is 11.3 Å². The topological polar surface area (TPSA) is 87.1 Å². The van der Waals surface area contributed by atoms with E-state index in [9.17, 15) is 9.59 Å². The van der Waals surface area contributed by atoms with Crippen LogP contribution in [0.5, 0.6) is 0 Å². The van der Waals surface area contributed by atoms with Crippen molar-refractivity contribution < 1.29 is 9.90 Å². The van der Waals surface area contributed by atoms with Gasteiger partial charge in [0.2, 0.25) is 0 Å². The zero-order chi connectivity index (χ0) is 15.0. The molecule has 0 aliphatic heterocycles. The fraction of sp³-hybridized carbons (Fsp3) is 0.333. The van der Waals surface area contributed by atoms with E-state index < -0.39 is 6.09 Å². The van der Waals surface area contributed by atoms with Crippen LogP contribution in [0.1, 0.15) is 18.1 Å². The zero-order valence-electron chi connectivity index (χ0n) is 11.7. The third-order valence-electron chi connectivity index (χ3n) is 3.88. The molecule has 110 valence electrons. The average molecular weight is 287 g/mol. The van der Waals surface area contributed by atoms with Crippen LogP contribution in [-0.4, -0.2) is 27.0 Å². The largest absolute Gasteiger partial charge is 0.465 e. The van der Waals surface area contributed by atoms with Crippen LogP contribution >= 0.6 is 0 Å². The molecule has 0 fully saturated rings. The highest BCUT2D eigenvalue weighted by Crippen LogP contribution is 2.27. The Morgan fingerprint density at radius 1 is 1.38 bits per heavy atom. The number of carbonyl (C=O) groups is 1. The summed E-state index contributed by atoms with van der Waals surface area (Å²) in [6.45, 7) is 2.66. The lowest BCUT2D eigenvalue weighted by molar-refractivity contribution is 0.190. The Kier molecular flexibility index (Phi) is 3.29. The molecule has 0 bridgehead atoms. The second-order valence-corrected chi connectivity index (χ2v) is 5.29. The lowest BCUT2D eigenvalue weighted by atomic mass is 10.0. The number of nitrogens with zero attached hydrogens (tertiary/aromatic N) is 1. The van der Waals surface area contributed by atoms with Crippen molar-refractivity contribution >= 4 is 6.09 Å². The molecule has 0 saturated heterocycles. The summed E-state index contributed by atoms with van der Waals surface area (Å²) in [6.07, 6.45) is 0.421. The first-order valence-electron chi connectivity index (χ1n) is 6.98. The van der Waals surface area contributed by atoms with Crippen LogP contribution in [0.15, 0.2) is 29.1 Å². The number of rotatable bonds is 3. The summed E-state index contributed by atoms with van der Waals surface area (Å²) in [7, 11) is 0. The molecule has 6 nitrogen and oxygen atoms in total. The molecule has 1 aromatic carbocycles. The highest BCUT2D eigenvalue weighted by Gasteiger charge is 2.23. The van der Waals surface area contributed by atoms with E-state index in [0.29, 0.717) is 13.0 Å². The standard InChI is InChI=1S/C15H17N3O3/c1-2-18-13(8-14(19)17-18)10-4-3-9-6-12(16-15(20)21)7-11(9)5-10/h3-5,8,12,16H,2,6-7H2,1H3,(H,17,19)(H,20,21). The number of carboxylic acid groups (broad SMARTS) is 1. The van der Waals surface area contributed by atoms with Crippen molar-refractivity contribution in [3.05, 3.63) is 45.7 Å². The number of aromatic nitrogens is 2. The fourth-order valence-corrected chi connectivity index (χ4v) is 2.97. The van der Waals surface area contributed by atoms with Gasteiger partial charge in [-0.25, -0.2) is 4.79 Å². The molecule has 1 aliphatic carbocycles. The molecule has 1 aliphatic rings. The molecule has 6 heteroatoms. The van der Waals surface area contributed by atoms with Crippen molar-refractivity contribution in [2.24, 2.45) is 0 Å². The zero-order valence-corrected chi connectivity index (χ0v) is 11.7. The Bertz CT molecular complexity index is 745. The van der Waals surface area contributed by atoms with E-state index >= 15 is 0 Å². The SMILES string of the molecule is CCn1[nH]c(=O)cc1-c1ccc2c(c1)CC(NC(=O)O)C2. The third-order valence-corrected chi connectivity index (χ3v) is 3.88. The molecule has 1 unspecified atom stereocenters. The predicted molar refractivity (Wildman–Crippen MR) is 78.5 cm³/mol. The molecular formula is C15H17N3O3. The van der Waals surface area contributed by atoms with E-state index in [4.69, 9.17) is 5.11 Å². The average Bonchev–Trinajstić information content (AvgIpc) is 2.99. The minimum Gasteiger partial charge on any atom is -0.465 e. The molecule has 1 heterocycles. The lowest BCUT2D eigenvalue weighted by Crippen LogP contribution is -2.33. The summed E-state index contributed by atoms with van der Waals surface area (Å²) >= 11 is 0. The maximum atomic E-state index is 11.5. The number of fused-ring (bicyclic) bond motifs is 1. The summed E-state index contributed by atoms with van der Waals surface area (Å²) in [5.74, 6) is 0. The van der Waals surface area contributed by atoms with Gasteiger partial charge in [-0.3, -0.25) is 14.6 Å². The lowest BCUT2D eigenvalue weighted by Gasteiger charge is -2.07. The maximum absolute atomic E-state index is 11.5. The third kappa shape index (κ3) is 2.56. The first kappa shape index (κ1) is 13.5. The molecule has 2 aromatic rings. The van der Waals surface area contributed by atoms with E-state index in [-0.39, 0.29) is 11.6 Å². The van der Waals surface area contributed by atoms with Crippen molar-refractivity contribution in [2.75, 3.05) is 0 Å². The summed E-state index contributed by atoms with van der Waals surface area (Å²) in [4.78, 5) is 22.2. The van der Waals surface area contributed by atoms with Gasteiger partial charge in [-0.1, -0.05) is 12.1 Å². The van der Waals surface area contributed by atoms with Gasteiger partial charge in [-0.05, 0) is 37.0 Å². The van der Waals surface area contributed by atoms with Gasteiger partial charge in [0.1, 0.15) is 0 Å². The Morgan fingerprint density at radius 2 is 2.14 bits per heavy atom. The predicted octanol–water partition coefficient (Wildman–Crippen LogP) is 1.60. The number of H-pyrrole nitrogens is 1. The smallest absolute Gasteiger partial charge is 0.404 e. The first-order chi connectivity index (χ1) is 10.1. The number of hydrogen-bond acceptors (Lipinski definition) is 2. The Labute approximate surface area is 121 Å². The number of benzene rings is 1. The van der Waals surface area contributed by atoms with Crippen LogP contribution in [-0.2, 0) is 19.4 Å². The van der Waals surface area contributed by atoms with Crippen LogP contribution in [0.2, 0.25) is 0 Å². The summed E-state index contributed by atoms with van der Waals surface area (Å²) in [5.41, 5.74) is 4.03. The normalized spacial score (nSPS) is 16.7. The van der Waals surface area contributed by atoms with Crippen molar-refractivity contribution in [3.8, 4) is 11.3 Å². The van der Waals surface area contributed by atoms with E-state index in [1.807, 2.05) is 29.8 Å². The van der Waals surface area contributed by atoms with Gasteiger partial charge >= 0.3 is 6.09 Å². The van der Waals surface area contributed by atoms with Crippen LogP contribution in [0.4, 0.5) is 4.79 Å². The fourth-order valence-electron chi connectivity index (χ4n) is 2.97. The molecule has 0 saturated carbocycles. The highest BCUT2D eigenvalue weighted by atomic mass is 16.4. The highest BCUT2D eigenvalue weighted by molar-refractivity contribution is 5.66. The van der Waals surface area contributed by atoms with Gasteiger partial charge in [0, 0.05) is 24.2 Å². The number of amides is 1. The number of nitrogens with one attached hydrogen (secondary N) is 2. The minimum atomic E-state index is -0.988. The Balaban J connectivity index is 1.92. The minimum absolute atomic E-state index is 0.0626. The number of aromatic amines is 1. The molecule has 0 spiro atoms. The van der Waals surface area contributed by atoms with Crippen molar-refractivity contribution in [1.82, 2.24) is 15.1 Å². The second-order valence-electron chi connectivity index (χ2n) is 5.29. The van der Waals surface area contributed by atoms with Gasteiger partial charge < -0.3 is 10.4 Å². The van der Waals surface area contributed by atoms with E-state index in [2.05, 4.69) is 10.4 Å². The molecule has 0 radical (unpaired) electrons. The summed E-state index contributed by atoms with van der Waals surface area (Å²) < 4.78 is 1.81. The van der Waals surface area contributed by atoms with Gasteiger partial charge in [-0.15, -0.1) is 0 Å². The van der Waals surface area contributed by atoms with E-state index in [0.717, 1.165) is 23.2 Å².